The summed E-state index contributed by atoms with van der Waals surface area (Å²) in [6.45, 7) is 1.29. The minimum absolute atomic E-state index is 0.0355. The molecule has 5 nitrogen and oxygen atoms in total. The molecule has 0 saturated carbocycles. The number of alkyl halides is 3. The van der Waals surface area contributed by atoms with E-state index in [0.717, 1.165) is 11.5 Å². The standard InChI is InChI=1S/C20H16ClF3N2O3S/c1-12(19(27)25-15-7-9-18(21)17(11-15)20(22,23)24)26-30(28,29)16-8-6-13-4-2-3-5-14(13)10-16/h2-12,26H,1H3,(H,25,27)/t12-/m0/s1. The number of sulfonamides is 1. The van der Waals surface area contributed by atoms with Crippen molar-refractivity contribution < 1.29 is 26.4 Å². The molecule has 0 aliphatic heterocycles. The van der Waals surface area contributed by atoms with Crippen molar-refractivity contribution in [3.8, 4) is 0 Å². The van der Waals surface area contributed by atoms with Gasteiger partial charge < -0.3 is 5.32 Å². The fourth-order valence-corrected chi connectivity index (χ4v) is 4.22. The lowest BCUT2D eigenvalue weighted by Gasteiger charge is -2.16. The van der Waals surface area contributed by atoms with Crippen LogP contribution in [0, 0.1) is 0 Å². The molecule has 1 atom stereocenters. The summed E-state index contributed by atoms with van der Waals surface area (Å²) in [6.07, 6.45) is -4.69. The van der Waals surface area contributed by atoms with E-state index in [0.29, 0.717) is 11.5 Å². The first-order chi connectivity index (χ1) is 14.0. The van der Waals surface area contributed by atoms with Crippen molar-refractivity contribution in [3.63, 3.8) is 0 Å². The second-order valence-corrected chi connectivity index (χ2v) is 8.65. The zero-order valence-electron chi connectivity index (χ0n) is 15.5. The number of amides is 1. The number of anilines is 1. The molecule has 0 spiro atoms. The third-order valence-corrected chi connectivity index (χ3v) is 6.16. The lowest BCUT2D eigenvalue weighted by atomic mass is 10.1. The van der Waals surface area contributed by atoms with Crippen molar-refractivity contribution in [2.24, 2.45) is 0 Å². The highest BCUT2D eigenvalue weighted by Gasteiger charge is 2.33. The first kappa shape index (κ1) is 22.1. The van der Waals surface area contributed by atoms with E-state index in [2.05, 4.69) is 10.0 Å². The monoisotopic (exact) mass is 456 g/mol. The van der Waals surface area contributed by atoms with E-state index in [1.807, 2.05) is 12.1 Å². The van der Waals surface area contributed by atoms with E-state index >= 15 is 0 Å². The molecule has 1 amide bonds. The van der Waals surface area contributed by atoms with Crippen molar-refractivity contribution in [2.45, 2.75) is 24.0 Å². The molecule has 0 aliphatic rings. The van der Waals surface area contributed by atoms with Crippen molar-refractivity contribution >= 4 is 44.0 Å². The molecule has 30 heavy (non-hydrogen) atoms. The van der Waals surface area contributed by atoms with E-state index < -0.39 is 38.7 Å². The van der Waals surface area contributed by atoms with Gasteiger partial charge in [-0.15, -0.1) is 0 Å². The van der Waals surface area contributed by atoms with Gasteiger partial charge in [-0.2, -0.15) is 17.9 Å². The number of fused-ring (bicyclic) bond motifs is 1. The Morgan fingerprint density at radius 1 is 1.00 bits per heavy atom. The molecule has 10 heteroatoms. The normalized spacial score (nSPS) is 13.2. The Hall–Kier alpha value is -2.62. The number of hydrogen-bond acceptors (Lipinski definition) is 3. The van der Waals surface area contributed by atoms with Gasteiger partial charge in [-0.3, -0.25) is 4.79 Å². The van der Waals surface area contributed by atoms with Crippen LogP contribution in [0.2, 0.25) is 5.02 Å². The topological polar surface area (TPSA) is 75.3 Å². The summed E-state index contributed by atoms with van der Waals surface area (Å²) < 4.78 is 66.3. The van der Waals surface area contributed by atoms with E-state index in [1.54, 1.807) is 18.2 Å². The molecule has 2 N–H and O–H groups in total. The average molecular weight is 457 g/mol. The predicted molar refractivity (Wildman–Crippen MR) is 109 cm³/mol. The SMILES string of the molecule is C[C@H](NS(=O)(=O)c1ccc2ccccc2c1)C(=O)Nc1ccc(Cl)c(C(F)(F)F)c1. The first-order valence-electron chi connectivity index (χ1n) is 8.66. The molecule has 0 aromatic heterocycles. The van der Waals surface area contributed by atoms with Gasteiger partial charge in [0.05, 0.1) is 21.5 Å². The van der Waals surface area contributed by atoms with Crippen molar-refractivity contribution in [3.05, 3.63) is 71.2 Å². The molecule has 3 aromatic rings. The maximum Gasteiger partial charge on any atom is 0.417 e. The summed E-state index contributed by atoms with van der Waals surface area (Å²) in [5, 5.41) is 3.31. The van der Waals surface area contributed by atoms with Crippen LogP contribution >= 0.6 is 11.6 Å². The molecule has 0 radical (unpaired) electrons. The van der Waals surface area contributed by atoms with Crippen molar-refractivity contribution in [2.75, 3.05) is 5.32 Å². The smallest absolute Gasteiger partial charge is 0.325 e. The van der Waals surface area contributed by atoms with Gasteiger partial charge in [0, 0.05) is 5.69 Å². The number of benzene rings is 3. The quantitative estimate of drug-likeness (QED) is 0.578. The second kappa shape index (κ2) is 8.25. The van der Waals surface area contributed by atoms with Crippen LogP contribution in [0.15, 0.2) is 65.6 Å². The molecule has 0 aliphatic carbocycles. The Balaban J connectivity index is 1.76. The summed E-state index contributed by atoms with van der Waals surface area (Å²) in [7, 11) is -4.04. The van der Waals surface area contributed by atoms with Crippen molar-refractivity contribution in [1.82, 2.24) is 4.72 Å². The minimum Gasteiger partial charge on any atom is -0.325 e. The van der Waals surface area contributed by atoms with Crippen LogP contribution < -0.4 is 10.0 Å². The lowest BCUT2D eigenvalue weighted by molar-refractivity contribution is -0.137. The van der Waals surface area contributed by atoms with E-state index in [-0.39, 0.29) is 10.6 Å². The summed E-state index contributed by atoms with van der Waals surface area (Å²) in [5.41, 5.74) is -1.26. The highest BCUT2D eigenvalue weighted by atomic mass is 35.5. The summed E-state index contributed by atoms with van der Waals surface area (Å²) in [6, 6.07) is 13.3. The molecule has 158 valence electrons. The van der Waals surface area contributed by atoms with Crippen LogP contribution in [0.3, 0.4) is 0 Å². The van der Waals surface area contributed by atoms with E-state index in [4.69, 9.17) is 11.6 Å². The number of nitrogens with one attached hydrogen (secondary N) is 2. The van der Waals surface area contributed by atoms with E-state index in [1.165, 1.54) is 25.1 Å². The molecule has 0 heterocycles. The second-order valence-electron chi connectivity index (χ2n) is 6.53. The summed E-state index contributed by atoms with van der Waals surface area (Å²) >= 11 is 5.55. The number of carbonyl (C=O) groups is 1. The summed E-state index contributed by atoms with van der Waals surface area (Å²) in [4.78, 5) is 12.3. The maximum atomic E-state index is 13.0. The zero-order valence-corrected chi connectivity index (χ0v) is 17.1. The molecule has 0 bridgehead atoms. The predicted octanol–water partition coefficient (Wildman–Crippen LogP) is 4.82. The highest BCUT2D eigenvalue weighted by molar-refractivity contribution is 7.89. The molecular formula is C20H16ClF3N2O3S. The largest absolute Gasteiger partial charge is 0.417 e. The van der Waals surface area contributed by atoms with E-state index in [9.17, 15) is 26.4 Å². The average Bonchev–Trinajstić information content (AvgIpc) is 2.67. The van der Waals surface area contributed by atoms with Gasteiger partial charge in [0.25, 0.3) is 0 Å². The van der Waals surface area contributed by atoms with Gasteiger partial charge in [-0.1, -0.05) is 41.9 Å². The Morgan fingerprint density at radius 3 is 2.33 bits per heavy atom. The number of halogens is 4. The maximum absolute atomic E-state index is 13.0. The van der Waals surface area contributed by atoms with Crippen LogP contribution in [-0.2, 0) is 21.0 Å². The van der Waals surface area contributed by atoms with Crippen LogP contribution in [-0.4, -0.2) is 20.4 Å². The highest BCUT2D eigenvalue weighted by Crippen LogP contribution is 2.36. The fourth-order valence-electron chi connectivity index (χ4n) is 2.76. The van der Waals surface area contributed by atoms with Crippen LogP contribution in [0.5, 0.6) is 0 Å². The molecule has 0 fully saturated rings. The Bertz CT molecular complexity index is 1210. The van der Waals surface area contributed by atoms with Gasteiger partial charge in [-0.05, 0) is 48.0 Å². The fraction of sp³-hybridized carbons (Fsp3) is 0.150. The third-order valence-electron chi connectivity index (χ3n) is 4.30. The number of hydrogen-bond donors (Lipinski definition) is 2. The van der Waals surface area contributed by atoms with Gasteiger partial charge in [0.15, 0.2) is 0 Å². The molecular weight excluding hydrogens is 441 g/mol. The minimum atomic E-state index is -4.69. The summed E-state index contributed by atoms with van der Waals surface area (Å²) in [5.74, 6) is -0.824. The Morgan fingerprint density at radius 2 is 1.67 bits per heavy atom. The number of rotatable bonds is 5. The Kier molecular flexibility index (Phi) is 6.07. The molecule has 0 unspecified atom stereocenters. The first-order valence-corrected chi connectivity index (χ1v) is 10.5. The third kappa shape index (κ3) is 4.92. The molecule has 0 saturated heterocycles. The Labute approximate surface area is 175 Å². The van der Waals surface area contributed by atoms with Crippen molar-refractivity contribution in [1.29, 1.82) is 0 Å². The zero-order chi connectivity index (χ0) is 22.1. The lowest BCUT2D eigenvalue weighted by Crippen LogP contribution is -2.41. The van der Waals surface area contributed by atoms with Crippen LogP contribution in [0.1, 0.15) is 12.5 Å². The van der Waals surface area contributed by atoms with Gasteiger partial charge in [0.1, 0.15) is 0 Å². The van der Waals surface area contributed by atoms with Crippen LogP contribution in [0.4, 0.5) is 18.9 Å². The van der Waals surface area contributed by atoms with Gasteiger partial charge >= 0.3 is 6.18 Å². The van der Waals surface area contributed by atoms with Crippen LogP contribution in [0.25, 0.3) is 10.8 Å². The molecule has 3 aromatic carbocycles. The number of carbonyl (C=O) groups excluding carboxylic acids is 1. The van der Waals surface area contributed by atoms with Gasteiger partial charge in [-0.25, -0.2) is 8.42 Å². The molecule has 3 rings (SSSR count). The van der Waals surface area contributed by atoms with Gasteiger partial charge in [0.2, 0.25) is 15.9 Å².